The van der Waals surface area contributed by atoms with Gasteiger partial charge in [0.25, 0.3) is 0 Å². The lowest BCUT2D eigenvalue weighted by molar-refractivity contribution is -0.140. The van der Waals surface area contributed by atoms with Gasteiger partial charge in [0.05, 0.1) is 19.1 Å². The molecule has 2 rings (SSSR count). The van der Waals surface area contributed by atoms with Crippen LogP contribution < -0.4 is 14.4 Å². The van der Waals surface area contributed by atoms with Gasteiger partial charge < -0.3 is 15.0 Å². The van der Waals surface area contributed by atoms with Crippen LogP contribution in [0.15, 0.2) is 48.5 Å². The summed E-state index contributed by atoms with van der Waals surface area (Å²) in [6.07, 6.45) is 1.44. The second kappa shape index (κ2) is 11.9. The maximum Gasteiger partial charge on any atom is 0.242 e. The minimum absolute atomic E-state index is 0.0573. The Morgan fingerprint density at radius 3 is 2.45 bits per heavy atom. The fourth-order valence-electron chi connectivity index (χ4n) is 3.37. The third kappa shape index (κ3) is 7.36. The van der Waals surface area contributed by atoms with Gasteiger partial charge in [0, 0.05) is 37.6 Å². The van der Waals surface area contributed by atoms with Crippen LogP contribution in [0.2, 0.25) is 5.02 Å². The van der Waals surface area contributed by atoms with E-state index in [2.05, 4.69) is 5.32 Å². The van der Waals surface area contributed by atoms with E-state index in [4.69, 9.17) is 16.3 Å². The molecular formula is C23H30ClN3O5S. The Labute approximate surface area is 200 Å². The summed E-state index contributed by atoms with van der Waals surface area (Å²) >= 11 is 6.26. The summed E-state index contributed by atoms with van der Waals surface area (Å²) in [6.45, 7) is 1.91. The van der Waals surface area contributed by atoms with Crippen LogP contribution in [0.5, 0.6) is 5.75 Å². The zero-order chi connectivity index (χ0) is 24.6. The van der Waals surface area contributed by atoms with Gasteiger partial charge >= 0.3 is 0 Å². The fourth-order valence-corrected chi connectivity index (χ4v) is 4.52. The van der Waals surface area contributed by atoms with Gasteiger partial charge in [-0.3, -0.25) is 13.9 Å². The van der Waals surface area contributed by atoms with E-state index in [-0.39, 0.29) is 37.7 Å². The van der Waals surface area contributed by atoms with Gasteiger partial charge in [-0.25, -0.2) is 8.42 Å². The van der Waals surface area contributed by atoms with Crippen molar-refractivity contribution >= 4 is 39.1 Å². The molecule has 0 saturated heterocycles. The van der Waals surface area contributed by atoms with Gasteiger partial charge in [-0.15, -0.1) is 0 Å². The molecule has 1 atom stereocenters. The minimum atomic E-state index is -3.58. The molecule has 0 saturated carbocycles. The highest BCUT2D eigenvalue weighted by Gasteiger charge is 2.26. The van der Waals surface area contributed by atoms with Crippen LogP contribution in [0, 0.1) is 0 Å². The topological polar surface area (TPSA) is 96.0 Å². The van der Waals surface area contributed by atoms with E-state index in [9.17, 15) is 18.0 Å². The number of nitrogens with one attached hydrogen (secondary N) is 1. The van der Waals surface area contributed by atoms with E-state index in [1.54, 1.807) is 49.4 Å². The van der Waals surface area contributed by atoms with Crippen LogP contribution in [0.25, 0.3) is 0 Å². The van der Waals surface area contributed by atoms with Crippen molar-refractivity contribution < 1.29 is 22.7 Å². The van der Waals surface area contributed by atoms with Gasteiger partial charge in [-0.1, -0.05) is 35.9 Å². The highest BCUT2D eigenvalue weighted by molar-refractivity contribution is 7.92. The summed E-state index contributed by atoms with van der Waals surface area (Å²) < 4.78 is 31.2. The first-order valence-corrected chi connectivity index (χ1v) is 12.7. The average Bonchev–Trinajstić information content (AvgIpc) is 2.79. The van der Waals surface area contributed by atoms with Crippen molar-refractivity contribution in [3.8, 4) is 5.75 Å². The van der Waals surface area contributed by atoms with Crippen LogP contribution in [-0.4, -0.2) is 58.1 Å². The molecule has 1 N–H and O–H groups in total. The molecule has 8 nitrogen and oxygen atoms in total. The zero-order valence-electron chi connectivity index (χ0n) is 19.2. The van der Waals surface area contributed by atoms with Crippen LogP contribution in [0.1, 0.15) is 25.3 Å². The molecule has 2 amide bonds. The van der Waals surface area contributed by atoms with Gasteiger partial charge in [0.15, 0.2) is 0 Å². The second-order valence-corrected chi connectivity index (χ2v) is 9.86. The number of carbonyl (C=O) groups is 2. The monoisotopic (exact) mass is 495 g/mol. The van der Waals surface area contributed by atoms with Crippen LogP contribution >= 0.6 is 11.6 Å². The van der Waals surface area contributed by atoms with E-state index in [0.29, 0.717) is 16.5 Å². The summed E-state index contributed by atoms with van der Waals surface area (Å²) in [6, 6.07) is 13.1. The molecule has 0 heterocycles. The fraction of sp³-hybridized carbons (Fsp3) is 0.391. The number of methoxy groups -OCH3 is 1. The average molecular weight is 496 g/mol. The molecule has 180 valence electrons. The number of nitrogens with zero attached hydrogens (tertiary/aromatic N) is 2. The van der Waals surface area contributed by atoms with Crippen molar-refractivity contribution in [2.24, 2.45) is 0 Å². The lowest BCUT2D eigenvalue weighted by Gasteiger charge is -2.29. The van der Waals surface area contributed by atoms with E-state index in [1.165, 1.54) is 23.4 Å². The molecule has 2 aromatic rings. The lowest BCUT2D eigenvalue weighted by atomic mass is 10.1. The van der Waals surface area contributed by atoms with Crippen LogP contribution in [-0.2, 0) is 26.2 Å². The number of hydrogen-bond donors (Lipinski definition) is 1. The number of hydrogen-bond acceptors (Lipinski definition) is 5. The SMILES string of the molecule is CNC(=O)[C@@H](C)N(Cc1ccccc1Cl)C(=O)CCCN(c1cccc(OC)c1)S(C)(=O)=O. The predicted octanol–water partition coefficient (Wildman–Crippen LogP) is 3.06. The first kappa shape index (κ1) is 26.5. The normalized spacial score (nSPS) is 12.0. The van der Waals surface area contributed by atoms with Gasteiger partial charge in [-0.2, -0.15) is 0 Å². The molecule has 0 unspecified atom stereocenters. The molecule has 0 aliphatic carbocycles. The predicted molar refractivity (Wildman–Crippen MR) is 130 cm³/mol. The Bertz CT molecular complexity index is 1080. The smallest absolute Gasteiger partial charge is 0.242 e. The Hall–Kier alpha value is -2.78. The molecule has 0 aromatic heterocycles. The number of rotatable bonds is 11. The quantitative estimate of drug-likeness (QED) is 0.517. The molecule has 0 fully saturated rings. The van der Waals surface area contributed by atoms with Crippen molar-refractivity contribution in [3.63, 3.8) is 0 Å². The van der Waals surface area contributed by atoms with E-state index >= 15 is 0 Å². The molecule has 10 heteroatoms. The molecular weight excluding hydrogens is 466 g/mol. The number of amides is 2. The molecule has 0 bridgehead atoms. The zero-order valence-corrected chi connectivity index (χ0v) is 20.8. The number of halogens is 1. The standard InChI is InChI=1S/C23H30ClN3O5S/c1-17(23(29)25-2)26(16-18-9-5-6-12-21(18)24)22(28)13-8-14-27(33(4,30)31)19-10-7-11-20(15-19)32-3/h5-7,9-12,15,17H,8,13-14,16H2,1-4H3,(H,25,29)/t17-/m1/s1. The van der Waals surface area contributed by atoms with Crippen LogP contribution in [0.4, 0.5) is 5.69 Å². The highest BCUT2D eigenvalue weighted by atomic mass is 35.5. The third-order valence-electron chi connectivity index (χ3n) is 5.21. The number of ether oxygens (including phenoxy) is 1. The van der Waals surface area contributed by atoms with Gasteiger partial charge in [-0.05, 0) is 37.1 Å². The minimum Gasteiger partial charge on any atom is -0.497 e. The number of carbonyl (C=O) groups excluding carboxylic acids is 2. The summed E-state index contributed by atoms with van der Waals surface area (Å²) in [7, 11) is -0.565. The van der Waals surface area contributed by atoms with E-state index in [0.717, 1.165) is 11.8 Å². The van der Waals surface area contributed by atoms with Crippen molar-refractivity contribution in [2.75, 3.05) is 31.3 Å². The summed E-state index contributed by atoms with van der Waals surface area (Å²) in [5.74, 6) is -0.0443. The number of anilines is 1. The molecule has 0 spiro atoms. The Morgan fingerprint density at radius 2 is 1.85 bits per heavy atom. The molecule has 0 aliphatic rings. The largest absolute Gasteiger partial charge is 0.497 e. The second-order valence-electron chi connectivity index (χ2n) is 7.54. The van der Waals surface area contributed by atoms with Crippen molar-refractivity contribution in [2.45, 2.75) is 32.4 Å². The van der Waals surface area contributed by atoms with Gasteiger partial charge in [0.1, 0.15) is 11.8 Å². The van der Waals surface area contributed by atoms with Crippen molar-refractivity contribution in [1.29, 1.82) is 0 Å². The summed E-state index contributed by atoms with van der Waals surface area (Å²) in [5.41, 5.74) is 1.17. The van der Waals surface area contributed by atoms with Crippen LogP contribution in [0.3, 0.4) is 0 Å². The van der Waals surface area contributed by atoms with Crippen molar-refractivity contribution in [1.82, 2.24) is 10.2 Å². The van der Waals surface area contributed by atoms with Gasteiger partial charge in [0.2, 0.25) is 21.8 Å². The van der Waals surface area contributed by atoms with Crippen molar-refractivity contribution in [3.05, 3.63) is 59.1 Å². The Balaban J connectivity index is 2.17. The summed E-state index contributed by atoms with van der Waals surface area (Å²) in [5, 5.41) is 3.06. The van der Waals surface area contributed by atoms with E-state index in [1.807, 2.05) is 6.07 Å². The molecule has 2 aromatic carbocycles. The highest BCUT2D eigenvalue weighted by Crippen LogP contribution is 2.24. The maximum absolute atomic E-state index is 13.1. The number of likely N-dealkylation sites (N-methyl/N-ethyl adjacent to an activating group) is 1. The van der Waals surface area contributed by atoms with E-state index < -0.39 is 16.1 Å². The molecule has 33 heavy (non-hydrogen) atoms. The molecule has 0 aliphatic heterocycles. The summed E-state index contributed by atoms with van der Waals surface area (Å²) in [4.78, 5) is 26.8. The number of sulfonamides is 1. The third-order valence-corrected chi connectivity index (χ3v) is 6.77. The first-order valence-electron chi connectivity index (χ1n) is 10.4. The number of benzene rings is 2. The lowest BCUT2D eigenvalue weighted by Crippen LogP contribution is -2.46. The first-order chi connectivity index (χ1) is 15.6. The maximum atomic E-state index is 13.1. The Morgan fingerprint density at radius 1 is 1.15 bits per heavy atom. The molecule has 0 radical (unpaired) electrons. The Kier molecular flexibility index (Phi) is 9.55.